The van der Waals surface area contributed by atoms with Gasteiger partial charge < -0.3 is 20.5 Å². The van der Waals surface area contributed by atoms with E-state index in [0.29, 0.717) is 0 Å². The molecule has 2 atom stereocenters. The quantitative estimate of drug-likeness (QED) is 0.520. The zero-order valence-corrected chi connectivity index (χ0v) is 18.2. The van der Waals surface area contributed by atoms with Crippen molar-refractivity contribution in [3.05, 3.63) is 72.3 Å². The second kappa shape index (κ2) is 10.1. The van der Waals surface area contributed by atoms with Crippen molar-refractivity contribution in [2.45, 2.75) is 38.3 Å². The van der Waals surface area contributed by atoms with Crippen LogP contribution >= 0.6 is 0 Å². The van der Waals surface area contributed by atoms with Gasteiger partial charge in [-0.25, -0.2) is 9.59 Å². The predicted molar refractivity (Wildman–Crippen MR) is 121 cm³/mol. The molecule has 0 bridgehead atoms. The van der Waals surface area contributed by atoms with Crippen molar-refractivity contribution < 1.29 is 24.2 Å². The van der Waals surface area contributed by atoms with Crippen LogP contribution in [0.15, 0.2) is 61.2 Å². The van der Waals surface area contributed by atoms with Crippen molar-refractivity contribution in [3.63, 3.8) is 0 Å². The third-order valence-electron chi connectivity index (χ3n) is 5.59. The first-order chi connectivity index (χ1) is 15.3. The number of carbonyl (C=O) groups is 3. The first kappa shape index (κ1) is 23.1. The molecule has 3 rings (SSSR count). The van der Waals surface area contributed by atoms with Crippen LogP contribution < -0.4 is 10.6 Å². The smallest absolute Gasteiger partial charge is 0.407 e. The van der Waals surface area contributed by atoms with E-state index in [0.717, 1.165) is 22.3 Å². The number of ether oxygens (including phenoxy) is 1. The first-order valence-electron chi connectivity index (χ1n) is 10.6. The van der Waals surface area contributed by atoms with Gasteiger partial charge >= 0.3 is 12.1 Å². The molecule has 0 heterocycles. The van der Waals surface area contributed by atoms with Crippen LogP contribution in [0.2, 0.25) is 0 Å². The number of hydrogen-bond donors (Lipinski definition) is 3. The Morgan fingerprint density at radius 3 is 2.09 bits per heavy atom. The van der Waals surface area contributed by atoms with Crippen LogP contribution in [0.4, 0.5) is 4.79 Å². The summed E-state index contributed by atoms with van der Waals surface area (Å²) < 4.78 is 5.49. The Kier molecular flexibility index (Phi) is 7.30. The standard InChI is InChI=1S/C25H28N2O5/c1-4-9-21(23(28)27-22(15(2)3)24(29)30)26-25(31)32-14-20-18-12-7-5-10-16(18)17-11-6-8-13-19(17)20/h4-8,10-13,15,20-22H,1,9,14H2,2-3H3,(H,26,31)(H,27,28)(H,29,30)/t21?,22-/m1/s1. The molecule has 7 nitrogen and oxygen atoms in total. The number of amides is 2. The molecule has 0 aromatic heterocycles. The van der Waals surface area contributed by atoms with Gasteiger partial charge in [0.05, 0.1) is 0 Å². The Hall–Kier alpha value is -3.61. The van der Waals surface area contributed by atoms with E-state index >= 15 is 0 Å². The Morgan fingerprint density at radius 1 is 1.03 bits per heavy atom. The Labute approximate surface area is 187 Å². The van der Waals surface area contributed by atoms with Gasteiger partial charge in [0.15, 0.2) is 0 Å². The van der Waals surface area contributed by atoms with Crippen LogP contribution in [0.1, 0.15) is 37.3 Å². The highest BCUT2D eigenvalue weighted by Gasteiger charge is 2.31. The normalized spacial score (nSPS) is 14.1. The fourth-order valence-corrected chi connectivity index (χ4v) is 3.95. The molecule has 2 aromatic rings. The molecule has 0 saturated carbocycles. The molecule has 0 fully saturated rings. The number of carbonyl (C=O) groups excluding carboxylic acids is 2. The minimum absolute atomic E-state index is 0.0998. The van der Waals surface area contributed by atoms with E-state index in [2.05, 4.69) is 17.2 Å². The molecule has 1 aliphatic carbocycles. The third kappa shape index (κ3) is 4.99. The second-order valence-corrected chi connectivity index (χ2v) is 8.12. The predicted octanol–water partition coefficient (Wildman–Crippen LogP) is 3.70. The lowest BCUT2D eigenvalue weighted by Crippen LogP contribution is -2.53. The van der Waals surface area contributed by atoms with Crippen molar-refractivity contribution in [2.24, 2.45) is 5.92 Å². The van der Waals surface area contributed by atoms with Crippen LogP contribution in [0.3, 0.4) is 0 Å². The summed E-state index contributed by atoms with van der Waals surface area (Å²) in [6.07, 6.45) is 0.879. The summed E-state index contributed by atoms with van der Waals surface area (Å²) in [7, 11) is 0. The Bertz CT molecular complexity index is 971. The van der Waals surface area contributed by atoms with E-state index in [-0.39, 0.29) is 24.9 Å². The number of carboxylic acids is 1. The monoisotopic (exact) mass is 436 g/mol. The van der Waals surface area contributed by atoms with Gasteiger partial charge in [0.2, 0.25) is 5.91 Å². The van der Waals surface area contributed by atoms with Gasteiger partial charge in [0, 0.05) is 5.92 Å². The molecular formula is C25H28N2O5. The molecule has 32 heavy (non-hydrogen) atoms. The summed E-state index contributed by atoms with van der Waals surface area (Å²) >= 11 is 0. The van der Waals surface area contributed by atoms with Crippen molar-refractivity contribution >= 4 is 18.0 Å². The van der Waals surface area contributed by atoms with Crippen molar-refractivity contribution in [1.82, 2.24) is 10.6 Å². The molecule has 0 spiro atoms. The van der Waals surface area contributed by atoms with E-state index < -0.39 is 30.1 Å². The summed E-state index contributed by atoms with van der Waals surface area (Å²) in [5.74, 6) is -2.14. The summed E-state index contributed by atoms with van der Waals surface area (Å²) in [5, 5.41) is 14.3. The highest BCUT2D eigenvalue weighted by Crippen LogP contribution is 2.44. The number of aliphatic carboxylic acids is 1. The fourth-order valence-electron chi connectivity index (χ4n) is 3.95. The largest absolute Gasteiger partial charge is 0.480 e. The lowest BCUT2D eigenvalue weighted by atomic mass is 9.98. The summed E-state index contributed by atoms with van der Waals surface area (Å²) in [5.41, 5.74) is 4.41. The first-order valence-corrected chi connectivity index (χ1v) is 10.6. The van der Waals surface area contributed by atoms with Crippen LogP contribution in [0, 0.1) is 5.92 Å². The van der Waals surface area contributed by atoms with Gasteiger partial charge in [0.25, 0.3) is 0 Å². The molecule has 2 aromatic carbocycles. The van der Waals surface area contributed by atoms with E-state index in [4.69, 9.17) is 4.74 Å². The van der Waals surface area contributed by atoms with Gasteiger partial charge in [-0.2, -0.15) is 0 Å². The molecule has 3 N–H and O–H groups in total. The van der Waals surface area contributed by atoms with Crippen LogP contribution in [-0.4, -0.2) is 41.8 Å². The maximum absolute atomic E-state index is 12.6. The fraction of sp³-hybridized carbons (Fsp3) is 0.320. The van der Waals surface area contributed by atoms with E-state index in [1.165, 1.54) is 6.08 Å². The molecular weight excluding hydrogens is 408 g/mol. The average Bonchev–Trinajstić information content (AvgIpc) is 3.09. The van der Waals surface area contributed by atoms with Crippen LogP contribution in [0.25, 0.3) is 11.1 Å². The lowest BCUT2D eigenvalue weighted by Gasteiger charge is -2.23. The van der Waals surface area contributed by atoms with Crippen molar-refractivity contribution in [2.75, 3.05) is 6.61 Å². The van der Waals surface area contributed by atoms with Crippen molar-refractivity contribution in [3.8, 4) is 11.1 Å². The average molecular weight is 437 g/mol. The van der Waals surface area contributed by atoms with E-state index in [1.807, 2.05) is 48.5 Å². The highest BCUT2D eigenvalue weighted by atomic mass is 16.5. The Balaban J connectivity index is 1.66. The molecule has 2 amide bonds. The molecule has 1 unspecified atom stereocenters. The van der Waals surface area contributed by atoms with Gasteiger partial charge in [-0.1, -0.05) is 68.5 Å². The molecule has 0 saturated heterocycles. The Morgan fingerprint density at radius 2 is 1.59 bits per heavy atom. The molecule has 7 heteroatoms. The van der Waals surface area contributed by atoms with E-state index in [9.17, 15) is 19.5 Å². The SMILES string of the molecule is C=CCC(NC(=O)OCC1c2ccccc2-c2ccccc21)C(=O)N[C@@H](C(=O)O)C(C)C. The number of hydrogen-bond acceptors (Lipinski definition) is 4. The van der Waals surface area contributed by atoms with Crippen LogP contribution in [-0.2, 0) is 14.3 Å². The minimum Gasteiger partial charge on any atom is -0.480 e. The number of alkyl carbamates (subject to hydrolysis) is 1. The maximum atomic E-state index is 12.6. The number of fused-ring (bicyclic) bond motifs is 3. The summed E-state index contributed by atoms with van der Waals surface area (Å²) in [6.45, 7) is 7.12. The summed E-state index contributed by atoms with van der Waals surface area (Å²) in [4.78, 5) is 36.5. The maximum Gasteiger partial charge on any atom is 0.407 e. The van der Waals surface area contributed by atoms with E-state index in [1.54, 1.807) is 13.8 Å². The third-order valence-corrected chi connectivity index (χ3v) is 5.59. The highest BCUT2D eigenvalue weighted by molar-refractivity contribution is 5.89. The second-order valence-electron chi connectivity index (χ2n) is 8.12. The van der Waals surface area contributed by atoms with Gasteiger partial charge in [0.1, 0.15) is 18.7 Å². The minimum atomic E-state index is -1.13. The number of rotatable bonds is 9. The zero-order valence-electron chi connectivity index (χ0n) is 18.2. The lowest BCUT2D eigenvalue weighted by molar-refractivity contribution is -0.143. The zero-order chi connectivity index (χ0) is 23.3. The molecule has 0 radical (unpaired) electrons. The van der Waals surface area contributed by atoms with Gasteiger partial charge in [-0.05, 0) is 34.6 Å². The van der Waals surface area contributed by atoms with Gasteiger partial charge in [-0.15, -0.1) is 6.58 Å². The molecule has 168 valence electrons. The molecule has 1 aliphatic rings. The van der Waals surface area contributed by atoms with Crippen LogP contribution in [0.5, 0.6) is 0 Å². The number of nitrogens with one attached hydrogen (secondary N) is 2. The van der Waals surface area contributed by atoms with Crippen molar-refractivity contribution in [1.29, 1.82) is 0 Å². The van der Waals surface area contributed by atoms with Gasteiger partial charge in [-0.3, -0.25) is 4.79 Å². The summed E-state index contributed by atoms with van der Waals surface area (Å²) in [6, 6.07) is 14.0. The topological polar surface area (TPSA) is 105 Å². The number of carboxylic acid groups (broad SMARTS) is 1. The molecule has 0 aliphatic heterocycles. The number of benzene rings is 2.